The molecular formula is C13H11NOS. The number of benzene rings is 1. The van der Waals surface area contributed by atoms with E-state index in [-0.39, 0.29) is 5.91 Å². The minimum atomic E-state index is -0.0730. The monoisotopic (exact) mass is 229 g/mol. The molecule has 16 heavy (non-hydrogen) atoms. The predicted octanol–water partition coefficient (Wildman–Crippen LogP) is 3.64. The van der Waals surface area contributed by atoms with Crippen LogP contribution >= 0.6 is 11.3 Å². The summed E-state index contributed by atoms with van der Waals surface area (Å²) >= 11 is 1.43. The Morgan fingerprint density at radius 2 is 2.19 bits per heavy atom. The van der Waals surface area contributed by atoms with Gasteiger partial charge in [-0.15, -0.1) is 11.3 Å². The number of amides is 1. The maximum Gasteiger partial charge on any atom is 0.265 e. The largest absolute Gasteiger partial charge is 0.321 e. The van der Waals surface area contributed by atoms with E-state index in [1.54, 1.807) is 12.1 Å². The van der Waals surface area contributed by atoms with E-state index in [1.165, 1.54) is 11.3 Å². The van der Waals surface area contributed by atoms with Crippen LogP contribution in [0.3, 0.4) is 0 Å². The molecule has 1 aromatic heterocycles. The van der Waals surface area contributed by atoms with Crippen LogP contribution in [0.5, 0.6) is 0 Å². The molecule has 0 saturated heterocycles. The maximum atomic E-state index is 11.7. The molecule has 80 valence electrons. The molecule has 1 N–H and O–H groups in total. The van der Waals surface area contributed by atoms with Gasteiger partial charge in [-0.3, -0.25) is 4.79 Å². The molecule has 1 heterocycles. The fourth-order valence-electron chi connectivity index (χ4n) is 1.34. The molecule has 0 fully saturated rings. The van der Waals surface area contributed by atoms with Gasteiger partial charge in [0.2, 0.25) is 0 Å². The summed E-state index contributed by atoms with van der Waals surface area (Å²) in [6.45, 7) is 3.69. The van der Waals surface area contributed by atoms with Crippen LogP contribution in [-0.2, 0) is 0 Å². The second-order valence-corrected chi connectivity index (χ2v) is 4.21. The molecule has 1 amide bonds. The molecule has 0 atom stereocenters. The summed E-state index contributed by atoms with van der Waals surface area (Å²) in [5, 5.41) is 4.73. The van der Waals surface area contributed by atoms with Crippen LogP contribution in [0.25, 0.3) is 6.08 Å². The molecule has 2 nitrogen and oxygen atoms in total. The molecule has 0 bridgehead atoms. The van der Waals surface area contributed by atoms with Gasteiger partial charge in [-0.25, -0.2) is 0 Å². The standard InChI is InChI=1S/C13H11NOS/c1-2-10-5-3-6-11(9-10)14-13(15)12-7-4-8-16-12/h2-9H,1H2,(H,14,15). The molecule has 2 aromatic rings. The first-order chi connectivity index (χ1) is 7.79. The molecule has 3 heteroatoms. The van der Waals surface area contributed by atoms with E-state index in [4.69, 9.17) is 0 Å². The number of carbonyl (C=O) groups excluding carboxylic acids is 1. The van der Waals surface area contributed by atoms with Crippen LogP contribution in [0.4, 0.5) is 5.69 Å². The van der Waals surface area contributed by atoms with Gasteiger partial charge in [0.05, 0.1) is 4.88 Å². The fourth-order valence-corrected chi connectivity index (χ4v) is 1.96. The van der Waals surface area contributed by atoms with Crippen LogP contribution in [-0.4, -0.2) is 5.91 Å². The summed E-state index contributed by atoms with van der Waals surface area (Å²) in [6.07, 6.45) is 1.75. The van der Waals surface area contributed by atoms with E-state index in [2.05, 4.69) is 11.9 Å². The molecule has 2 rings (SSSR count). The topological polar surface area (TPSA) is 29.1 Å². The fraction of sp³-hybridized carbons (Fsp3) is 0. The Morgan fingerprint density at radius 1 is 1.31 bits per heavy atom. The number of hydrogen-bond acceptors (Lipinski definition) is 2. The third-order valence-corrected chi connectivity index (χ3v) is 2.99. The van der Waals surface area contributed by atoms with Crippen molar-refractivity contribution in [3.63, 3.8) is 0 Å². The molecule has 1 aromatic carbocycles. The smallest absolute Gasteiger partial charge is 0.265 e. The van der Waals surface area contributed by atoms with Crippen molar-refractivity contribution in [2.24, 2.45) is 0 Å². The number of thiophene rings is 1. The van der Waals surface area contributed by atoms with Gasteiger partial charge in [0.25, 0.3) is 5.91 Å². The van der Waals surface area contributed by atoms with Gasteiger partial charge in [-0.1, -0.05) is 30.9 Å². The van der Waals surface area contributed by atoms with Crippen LogP contribution in [0.1, 0.15) is 15.2 Å². The van der Waals surface area contributed by atoms with Crippen LogP contribution in [0.2, 0.25) is 0 Å². The van der Waals surface area contributed by atoms with Crippen molar-refractivity contribution >= 4 is 29.0 Å². The first-order valence-corrected chi connectivity index (χ1v) is 5.75. The van der Waals surface area contributed by atoms with Gasteiger partial charge in [0.15, 0.2) is 0 Å². The third kappa shape index (κ3) is 2.38. The Kier molecular flexibility index (Phi) is 3.17. The summed E-state index contributed by atoms with van der Waals surface area (Å²) in [5.41, 5.74) is 1.78. The molecule has 0 aliphatic rings. The highest BCUT2D eigenvalue weighted by atomic mass is 32.1. The predicted molar refractivity (Wildman–Crippen MR) is 68.8 cm³/mol. The Balaban J connectivity index is 2.15. The van der Waals surface area contributed by atoms with E-state index in [0.717, 1.165) is 11.3 Å². The Bertz CT molecular complexity index is 502. The lowest BCUT2D eigenvalue weighted by Gasteiger charge is -2.04. The molecule has 0 aliphatic carbocycles. The summed E-state index contributed by atoms with van der Waals surface area (Å²) in [4.78, 5) is 12.5. The van der Waals surface area contributed by atoms with Gasteiger partial charge in [-0.2, -0.15) is 0 Å². The summed E-state index contributed by atoms with van der Waals surface area (Å²) in [7, 11) is 0. The zero-order valence-corrected chi connectivity index (χ0v) is 9.46. The molecular weight excluding hydrogens is 218 g/mol. The highest BCUT2D eigenvalue weighted by Crippen LogP contribution is 2.15. The minimum absolute atomic E-state index is 0.0730. The number of hydrogen-bond donors (Lipinski definition) is 1. The van der Waals surface area contributed by atoms with Gasteiger partial charge >= 0.3 is 0 Å². The van der Waals surface area contributed by atoms with E-state index in [9.17, 15) is 4.79 Å². The molecule has 0 aliphatic heterocycles. The molecule has 0 spiro atoms. The summed E-state index contributed by atoms with van der Waals surface area (Å²) in [6, 6.07) is 11.2. The van der Waals surface area contributed by atoms with Crippen LogP contribution < -0.4 is 5.32 Å². The average molecular weight is 229 g/mol. The van der Waals surface area contributed by atoms with Crippen molar-refractivity contribution in [3.8, 4) is 0 Å². The van der Waals surface area contributed by atoms with Gasteiger partial charge in [0, 0.05) is 5.69 Å². The lowest BCUT2D eigenvalue weighted by atomic mass is 10.2. The van der Waals surface area contributed by atoms with Crippen LogP contribution in [0.15, 0.2) is 48.4 Å². The number of nitrogens with one attached hydrogen (secondary N) is 1. The highest BCUT2D eigenvalue weighted by Gasteiger charge is 2.06. The van der Waals surface area contributed by atoms with Crippen molar-refractivity contribution in [1.29, 1.82) is 0 Å². The molecule has 0 unspecified atom stereocenters. The van der Waals surface area contributed by atoms with Gasteiger partial charge < -0.3 is 5.32 Å². The van der Waals surface area contributed by atoms with Crippen molar-refractivity contribution in [1.82, 2.24) is 0 Å². The zero-order valence-electron chi connectivity index (χ0n) is 8.64. The van der Waals surface area contributed by atoms with Crippen molar-refractivity contribution in [2.75, 3.05) is 5.32 Å². The summed E-state index contributed by atoms with van der Waals surface area (Å²) in [5.74, 6) is -0.0730. The molecule has 0 radical (unpaired) electrons. The quantitative estimate of drug-likeness (QED) is 0.855. The SMILES string of the molecule is C=Cc1cccc(NC(=O)c2cccs2)c1. The lowest BCUT2D eigenvalue weighted by molar-refractivity contribution is 0.103. The number of carbonyl (C=O) groups is 1. The highest BCUT2D eigenvalue weighted by molar-refractivity contribution is 7.12. The van der Waals surface area contributed by atoms with Crippen molar-refractivity contribution in [3.05, 3.63) is 58.8 Å². The van der Waals surface area contributed by atoms with E-state index in [0.29, 0.717) is 4.88 Å². The van der Waals surface area contributed by atoms with E-state index in [1.807, 2.05) is 35.7 Å². The zero-order chi connectivity index (χ0) is 11.4. The number of rotatable bonds is 3. The Hall–Kier alpha value is -1.87. The first kappa shape index (κ1) is 10.6. The average Bonchev–Trinajstić information content (AvgIpc) is 2.83. The third-order valence-electron chi connectivity index (χ3n) is 2.13. The second kappa shape index (κ2) is 4.77. The van der Waals surface area contributed by atoms with Gasteiger partial charge in [0.1, 0.15) is 0 Å². The van der Waals surface area contributed by atoms with E-state index >= 15 is 0 Å². The number of anilines is 1. The first-order valence-electron chi connectivity index (χ1n) is 4.87. The van der Waals surface area contributed by atoms with Crippen LogP contribution in [0, 0.1) is 0 Å². The van der Waals surface area contributed by atoms with Crippen molar-refractivity contribution in [2.45, 2.75) is 0 Å². The Labute approximate surface area is 98.2 Å². The Morgan fingerprint density at radius 3 is 2.88 bits per heavy atom. The van der Waals surface area contributed by atoms with E-state index < -0.39 is 0 Å². The van der Waals surface area contributed by atoms with Gasteiger partial charge in [-0.05, 0) is 29.1 Å². The minimum Gasteiger partial charge on any atom is -0.321 e. The maximum absolute atomic E-state index is 11.7. The lowest BCUT2D eigenvalue weighted by Crippen LogP contribution is -2.09. The second-order valence-electron chi connectivity index (χ2n) is 3.26. The van der Waals surface area contributed by atoms with Crippen molar-refractivity contribution < 1.29 is 4.79 Å². The molecule has 0 saturated carbocycles. The normalized spacial score (nSPS) is 9.75. The summed E-state index contributed by atoms with van der Waals surface area (Å²) < 4.78 is 0.